The summed E-state index contributed by atoms with van der Waals surface area (Å²) in [5.74, 6) is -1.48. The second kappa shape index (κ2) is 3.88. The van der Waals surface area contributed by atoms with Crippen LogP contribution in [0.5, 0.6) is 0 Å². The maximum Gasteiger partial charge on any atom is 0.132 e. The van der Waals surface area contributed by atoms with Crippen molar-refractivity contribution in [1.29, 1.82) is 0 Å². The lowest BCUT2D eigenvalue weighted by molar-refractivity contribution is 0.0527. The zero-order valence-electron chi connectivity index (χ0n) is 7.93. The van der Waals surface area contributed by atoms with Crippen LogP contribution in [0.1, 0.15) is 18.9 Å². The van der Waals surface area contributed by atoms with E-state index < -0.39 is 17.2 Å². The van der Waals surface area contributed by atoms with Gasteiger partial charge in [0, 0.05) is 0 Å². The van der Waals surface area contributed by atoms with Crippen LogP contribution in [-0.4, -0.2) is 5.11 Å². The SMILES string of the molecule is C=CC[C@](C)(O)c1c(F)cccc1F. The number of halogens is 2. The van der Waals surface area contributed by atoms with Gasteiger partial charge >= 0.3 is 0 Å². The zero-order valence-corrected chi connectivity index (χ0v) is 7.93. The summed E-state index contributed by atoms with van der Waals surface area (Å²) in [5, 5.41) is 9.80. The molecule has 0 saturated heterocycles. The normalized spacial score (nSPS) is 14.9. The number of benzene rings is 1. The molecule has 0 unspecified atom stereocenters. The van der Waals surface area contributed by atoms with Crippen molar-refractivity contribution < 1.29 is 13.9 Å². The van der Waals surface area contributed by atoms with Crippen molar-refractivity contribution in [3.8, 4) is 0 Å². The van der Waals surface area contributed by atoms with Gasteiger partial charge in [-0.1, -0.05) is 12.1 Å². The number of aliphatic hydroxyl groups is 1. The first-order chi connectivity index (χ1) is 6.49. The summed E-state index contributed by atoms with van der Waals surface area (Å²) in [6, 6.07) is 3.50. The van der Waals surface area contributed by atoms with Gasteiger partial charge in [-0.15, -0.1) is 6.58 Å². The summed E-state index contributed by atoms with van der Waals surface area (Å²) in [7, 11) is 0. The second-order valence-corrected chi connectivity index (χ2v) is 3.36. The maximum atomic E-state index is 13.2. The molecule has 1 aromatic carbocycles. The van der Waals surface area contributed by atoms with E-state index in [4.69, 9.17) is 0 Å². The first kappa shape index (κ1) is 10.9. The molecule has 1 nitrogen and oxygen atoms in total. The fourth-order valence-corrected chi connectivity index (χ4v) is 1.40. The minimum atomic E-state index is -1.54. The lowest BCUT2D eigenvalue weighted by atomic mass is 9.91. The number of rotatable bonds is 3. The topological polar surface area (TPSA) is 20.2 Å². The van der Waals surface area contributed by atoms with Crippen molar-refractivity contribution in [3.63, 3.8) is 0 Å². The van der Waals surface area contributed by atoms with Gasteiger partial charge in [0.25, 0.3) is 0 Å². The minimum absolute atomic E-state index is 0.102. The van der Waals surface area contributed by atoms with E-state index >= 15 is 0 Å². The van der Waals surface area contributed by atoms with Crippen LogP contribution < -0.4 is 0 Å². The van der Waals surface area contributed by atoms with Crippen LogP contribution in [-0.2, 0) is 5.60 Å². The molecule has 0 aliphatic rings. The largest absolute Gasteiger partial charge is 0.385 e. The van der Waals surface area contributed by atoms with Gasteiger partial charge in [-0.2, -0.15) is 0 Å². The fourth-order valence-electron chi connectivity index (χ4n) is 1.40. The van der Waals surface area contributed by atoms with E-state index in [2.05, 4.69) is 6.58 Å². The van der Waals surface area contributed by atoms with Crippen LogP contribution in [0, 0.1) is 11.6 Å². The van der Waals surface area contributed by atoms with Gasteiger partial charge in [-0.25, -0.2) is 8.78 Å². The fraction of sp³-hybridized carbons (Fsp3) is 0.273. The molecule has 1 aromatic rings. The molecule has 0 fully saturated rings. The van der Waals surface area contributed by atoms with Gasteiger partial charge in [0.2, 0.25) is 0 Å². The first-order valence-corrected chi connectivity index (χ1v) is 4.27. The van der Waals surface area contributed by atoms with Gasteiger partial charge < -0.3 is 5.11 Å². The highest BCUT2D eigenvalue weighted by molar-refractivity contribution is 5.26. The Morgan fingerprint density at radius 3 is 2.36 bits per heavy atom. The van der Waals surface area contributed by atoms with Crippen molar-refractivity contribution >= 4 is 0 Å². The Bertz CT molecular complexity index is 325. The molecule has 0 radical (unpaired) electrons. The van der Waals surface area contributed by atoms with Crippen LogP contribution in [0.2, 0.25) is 0 Å². The molecule has 1 N–H and O–H groups in total. The molecular formula is C11H12F2O. The van der Waals surface area contributed by atoms with E-state index in [0.29, 0.717) is 0 Å². The molecule has 0 aliphatic heterocycles. The van der Waals surface area contributed by atoms with E-state index in [1.807, 2.05) is 0 Å². The van der Waals surface area contributed by atoms with Crippen molar-refractivity contribution in [2.45, 2.75) is 18.9 Å². The summed E-state index contributed by atoms with van der Waals surface area (Å²) in [5.41, 5.74) is -1.85. The average Bonchev–Trinajstić information content (AvgIpc) is 2.02. The minimum Gasteiger partial charge on any atom is -0.385 e. The van der Waals surface area contributed by atoms with Crippen LogP contribution in [0.25, 0.3) is 0 Å². The Hall–Kier alpha value is -1.22. The Morgan fingerprint density at radius 1 is 1.43 bits per heavy atom. The van der Waals surface area contributed by atoms with E-state index in [1.54, 1.807) is 0 Å². The molecule has 0 bridgehead atoms. The third kappa shape index (κ3) is 1.99. The van der Waals surface area contributed by atoms with Crippen molar-refractivity contribution in [1.82, 2.24) is 0 Å². The predicted octanol–water partition coefficient (Wildman–Crippen LogP) is 2.75. The highest BCUT2D eigenvalue weighted by Crippen LogP contribution is 2.29. The van der Waals surface area contributed by atoms with Gasteiger partial charge in [0.1, 0.15) is 11.6 Å². The summed E-state index contributed by atoms with van der Waals surface area (Å²) >= 11 is 0. The molecule has 1 atom stereocenters. The standard InChI is InChI=1S/C11H12F2O/c1-3-7-11(2,14)10-8(12)5-4-6-9(10)13/h3-6,14H,1,7H2,2H3/t11-/m0/s1. The Kier molecular flexibility index (Phi) is 3.01. The summed E-state index contributed by atoms with van der Waals surface area (Å²) < 4.78 is 26.5. The highest BCUT2D eigenvalue weighted by atomic mass is 19.1. The average molecular weight is 198 g/mol. The molecule has 0 heterocycles. The molecule has 3 heteroatoms. The van der Waals surface area contributed by atoms with Crippen LogP contribution in [0.3, 0.4) is 0 Å². The van der Waals surface area contributed by atoms with Crippen LogP contribution in [0.4, 0.5) is 8.78 Å². The maximum absolute atomic E-state index is 13.2. The van der Waals surface area contributed by atoms with Gasteiger partial charge in [-0.05, 0) is 25.5 Å². The van der Waals surface area contributed by atoms with Crippen molar-refractivity contribution in [2.24, 2.45) is 0 Å². The molecule has 0 aromatic heterocycles. The lowest BCUT2D eigenvalue weighted by Crippen LogP contribution is -2.23. The molecule has 0 saturated carbocycles. The predicted molar refractivity (Wildman–Crippen MR) is 50.7 cm³/mol. The molecule has 1 rings (SSSR count). The summed E-state index contributed by atoms with van der Waals surface area (Å²) in [6.45, 7) is 4.78. The van der Waals surface area contributed by atoms with Gasteiger partial charge in [0.05, 0.1) is 11.2 Å². The molecule has 76 valence electrons. The number of hydrogen-bond acceptors (Lipinski definition) is 1. The number of hydrogen-bond donors (Lipinski definition) is 1. The van der Waals surface area contributed by atoms with Gasteiger partial charge in [-0.3, -0.25) is 0 Å². The smallest absolute Gasteiger partial charge is 0.132 e. The van der Waals surface area contributed by atoms with E-state index in [0.717, 1.165) is 12.1 Å². The molecular weight excluding hydrogens is 186 g/mol. The van der Waals surface area contributed by atoms with Crippen molar-refractivity contribution in [3.05, 3.63) is 48.1 Å². The molecule has 0 aliphatic carbocycles. The van der Waals surface area contributed by atoms with E-state index in [-0.39, 0.29) is 12.0 Å². The molecule has 0 spiro atoms. The first-order valence-electron chi connectivity index (χ1n) is 4.27. The third-order valence-electron chi connectivity index (χ3n) is 2.04. The van der Waals surface area contributed by atoms with E-state index in [9.17, 15) is 13.9 Å². The Labute approximate surface area is 81.7 Å². The molecule has 0 amide bonds. The Balaban J connectivity index is 3.23. The lowest BCUT2D eigenvalue weighted by Gasteiger charge is -2.23. The molecule has 14 heavy (non-hydrogen) atoms. The van der Waals surface area contributed by atoms with Gasteiger partial charge in [0.15, 0.2) is 0 Å². The van der Waals surface area contributed by atoms with Crippen LogP contribution >= 0.6 is 0 Å². The van der Waals surface area contributed by atoms with Crippen LogP contribution in [0.15, 0.2) is 30.9 Å². The third-order valence-corrected chi connectivity index (χ3v) is 2.04. The van der Waals surface area contributed by atoms with Crippen molar-refractivity contribution in [2.75, 3.05) is 0 Å². The summed E-state index contributed by atoms with van der Waals surface area (Å²) in [4.78, 5) is 0. The quantitative estimate of drug-likeness (QED) is 0.740. The second-order valence-electron chi connectivity index (χ2n) is 3.36. The highest BCUT2D eigenvalue weighted by Gasteiger charge is 2.28. The Morgan fingerprint density at radius 2 is 1.93 bits per heavy atom. The van der Waals surface area contributed by atoms with E-state index in [1.165, 1.54) is 19.1 Å². The zero-order chi connectivity index (χ0) is 10.8. The monoisotopic (exact) mass is 198 g/mol. The summed E-state index contributed by atoms with van der Waals surface area (Å²) in [6.07, 6.45) is 1.52.